The number of hydrogen-bond donors (Lipinski definition) is 1. The summed E-state index contributed by atoms with van der Waals surface area (Å²) < 4.78 is 5.89. The van der Waals surface area contributed by atoms with E-state index < -0.39 is 0 Å². The lowest BCUT2D eigenvalue weighted by Crippen LogP contribution is -2.64. The molecule has 4 nitrogen and oxygen atoms in total. The Morgan fingerprint density at radius 1 is 1.20 bits per heavy atom. The molecule has 20 heavy (non-hydrogen) atoms. The Hall–Kier alpha value is -0.160. The van der Waals surface area contributed by atoms with Gasteiger partial charge in [0.25, 0.3) is 0 Å². The van der Waals surface area contributed by atoms with E-state index in [9.17, 15) is 0 Å². The fourth-order valence-corrected chi connectivity index (χ4v) is 4.84. The minimum Gasteiger partial charge on any atom is -0.377 e. The number of hydrogen-bond acceptors (Lipinski definition) is 4. The van der Waals surface area contributed by atoms with Gasteiger partial charge in [-0.1, -0.05) is 0 Å². The molecular formula is C16H31N3O. The van der Waals surface area contributed by atoms with Gasteiger partial charge in [0.1, 0.15) is 0 Å². The summed E-state index contributed by atoms with van der Waals surface area (Å²) in [6, 6.07) is 1.51. The highest BCUT2D eigenvalue weighted by Gasteiger charge is 2.49. The van der Waals surface area contributed by atoms with Crippen LogP contribution in [0.5, 0.6) is 0 Å². The van der Waals surface area contributed by atoms with Crippen molar-refractivity contribution in [3.05, 3.63) is 0 Å². The maximum atomic E-state index is 6.29. The van der Waals surface area contributed by atoms with Crippen LogP contribution in [-0.4, -0.2) is 66.8 Å². The molecule has 3 rings (SSSR count). The van der Waals surface area contributed by atoms with Crippen LogP contribution in [0, 0.1) is 0 Å². The van der Waals surface area contributed by atoms with Crippen molar-refractivity contribution < 1.29 is 4.74 Å². The van der Waals surface area contributed by atoms with Crippen LogP contribution in [0.15, 0.2) is 0 Å². The van der Waals surface area contributed by atoms with Crippen LogP contribution < -0.4 is 5.73 Å². The molecule has 0 amide bonds. The Labute approximate surface area is 123 Å². The average Bonchev–Trinajstić information content (AvgIpc) is 2.70. The first-order valence-corrected chi connectivity index (χ1v) is 8.47. The Balaban J connectivity index is 1.72. The van der Waals surface area contributed by atoms with Crippen molar-refractivity contribution in [1.29, 1.82) is 0 Å². The van der Waals surface area contributed by atoms with Crippen LogP contribution in [0.3, 0.4) is 0 Å². The van der Waals surface area contributed by atoms with Crippen molar-refractivity contribution in [2.75, 3.05) is 33.3 Å². The van der Waals surface area contributed by atoms with Crippen LogP contribution in [-0.2, 0) is 4.74 Å². The third-order valence-electron chi connectivity index (χ3n) is 6.05. The quantitative estimate of drug-likeness (QED) is 0.847. The van der Waals surface area contributed by atoms with Crippen molar-refractivity contribution in [2.45, 2.75) is 69.2 Å². The maximum Gasteiger partial charge on any atom is 0.0702 e. The fraction of sp³-hybridized carbons (Fsp3) is 1.00. The van der Waals surface area contributed by atoms with E-state index in [2.05, 4.69) is 23.8 Å². The van der Waals surface area contributed by atoms with Gasteiger partial charge >= 0.3 is 0 Å². The molecule has 3 aliphatic rings. The number of fused-ring (bicyclic) bond motifs is 2. The van der Waals surface area contributed by atoms with Gasteiger partial charge in [-0.3, -0.25) is 4.90 Å². The van der Waals surface area contributed by atoms with Gasteiger partial charge in [0.15, 0.2) is 0 Å². The number of likely N-dealkylation sites (tertiary alicyclic amines) is 1. The van der Waals surface area contributed by atoms with E-state index in [0.29, 0.717) is 6.10 Å². The van der Waals surface area contributed by atoms with E-state index >= 15 is 0 Å². The molecule has 0 radical (unpaired) electrons. The van der Waals surface area contributed by atoms with E-state index in [-0.39, 0.29) is 5.54 Å². The normalized spacial score (nSPS) is 43.0. The topological polar surface area (TPSA) is 41.7 Å². The second kappa shape index (κ2) is 5.91. The van der Waals surface area contributed by atoms with Gasteiger partial charge in [-0.2, -0.15) is 0 Å². The minimum absolute atomic E-state index is 0.244. The first-order chi connectivity index (χ1) is 9.68. The molecular weight excluding hydrogens is 250 g/mol. The van der Waals surface area contributed by atoms with E-state index in [1.165, 1.54) is 45.1 Å². The van der Waals surface area contributed by atoms with Crippen molar-refractivity contribution >= 4 is 0 Å². The minimum atomic E-state index is 0.244. The molecule has 116 valence electrons. The lowest BCUT2D eigenvalue weighted by atomic mass is 9.80. The first-order valence-electron chi connectivity index (χ1n) is 8.47. The Bertz CT molecular complexity index is 320. The van der Waals surface area contributed by atoms with Gasteiger partial charge < -0.3 is 15.4 Å². The molecule has 3 heterocycles. The van der Waals surface area contributed by atoms with E-state index in [1.807, 2.05) is 0 Å². The molecule has 0 spiro atoms. The number of rotatable bonds is 4. The maximum absolute atomic E-state index is 6.29. The van der Waals surface area contributed by atoms with Crippen molar-refractivity contribution in [3.63, 3.8) is 0 Å². The molecule has 4 heteroatoms. The molecule has 0 saturated carbocycles. The van der Waals surface area contributed by atoms with E-state index in [0.717, 1.165) is 31.8 Å². The van der Waals surface area contributed by atoms with Crippen LogP contribution in [0.4, 0.5) is 0 Å². The van der Waals surface area contributed by atoms with E-state index in [1.54, 1.807) is 0 Å². The number of nitrogens with zero attached hydrogens (tertiary/aromatic N) is 2. The molecule has 0 aromatic carbocycles. The molecule has 3 atom stereocenters. The summed E-state index contributed by atoms with van der Waals surface area (Å²) in [5.74, 6) is 0. The second-order valence-electron chi connectivity index (χ2n) is 7.05. The predicted octanol–water partition coefficient (Wildman–Crippen LogP) is 1.44. The number of piperidine rings is 2. The molecule has 2 bridgehead atoms. The first kappa shape index (κ1) is 14.8. The Morgan fingerprint density at radius 2 is 1.90 bits per heavy atom. The number of ether oxygens (including phenoxy) is 1. The van der Waals surface area contributed by atoms with Crippen molar-refractivity contribution in [1.82, 2.24) is 9.80 Å². The molecule has 0 aromatic heterocycles. The lowest BCUT2D eigenvalue weighted by Gasteiger charge is -2.53. The van der Waals surface area contributed by atoms with E-state index in [4.69, 9.17) is 10.5 Å². The molecule has 0 aromatic rings. The standard InChI is InChI=1S/C16H31N3O/c1-3-20-15-5-4-8-19(11-15)16(12-17)9-13-6-7-14(10-16)18(13)2/h13-15H,3-12,17H2,1-2H3. The zero-order chi connectivity index (χ0) is 14.2. The fourth-order valence-electron chi connectivity index (χ4n) is 4.84. The highest BCUT2D eigenvalue weighted by atomic mass is 16.5. The third-order valence-corrected chi connectivity index (χ3v) is 6.05. The van der Waals surface area contributed by atoms with Crippen LogP contribution in [0.25, 0.3) is 0 Å². The predicted molar refractivity (Wildman–Crippen MR) is 81.8 cm³/mol. The average molecular weight is 281 g/mol. The zero-order valence-corrected chi connectivity index (χ0v) is 13.2. The van der Waals surface area contributed by atoms with Crippen molar-refractivity contribution in [3.8, 4) is 0 Å². The molecule has 3 aliphatic heterocycles. The number of nitrogens with two attached hydrogens (primary N) is 1. The van der Waals surface area contributed by atoms with Crippen LogP contribution in [0.1, 0.15) is 45.4 Å². The Morgan fingerprint density at radius 3 is 2.50 bits per heavy atom. The monoisotopic (exact) mass is 281 g/mol. The molecule has 3 saturated heterocycles. The van der Waals surface area contributed by atoms with Gasteiger partial charge in [-0.25, -0.2) is 0 Å². The van der Waals surface area contributed by atoms with Crippen LogP contribution in [0.2, 0.25) is 0 Å². The SMILES string of the molecule is CCOC1CCCN(C2(CN)CC3CCC(C2)N3C)C1. The second-order valence-corrected chi connectivity index (χ2v) is 7.05. The summed E-state index contributed by atoms with van der Waals surface area (Å²) in [7, 11) is 2.31. The van der Waals surface area contributed by atoms with Gasteiger partial charge in [0.2, 0.25) is 0 Å². The lowest BCUT2D eigenvalue weighted by molar-refractivity contribution is -0.0611. The van der Waals surface area contributed by atoms with Crippen molar-refractivity contribution in [2.24, 2.45) is 5.73 Å². The third kappa shape index (κ3) is 2.52. The molecule has 0 aliphatic carbocycles. The van der Waals surface area contributed by atoms with Gasteiger partial charge in [-0.15, -0.1) is 0 Å². The van der Waals surface area contributed by atoms with Gasteiger partial charge in [0, 0.05) is 37.3 Å². The summed E-state index contributed by atoms with van der Waals surface area (Å²) in [6.45, 7) is 6.06. The zero-order valence-electron chi connectivity index (χ0n) is 13.2. The highest BCUT2D eigenvalue weighted by molar-refractivity contribution is 5.07. The Kier molecular flexibility index (Phi) is 4.37. The molecule has 3 fully saturated rings. The summed E-state index contributed by atoms with van der Waals surface area (Å²) in [5, 5.41) is 0. The summed E-state index contributed by atoms with van der Waals surface area (Å²) in [5.41, 5.74) is 6.53. The molecule has 2 N–H and O–H groups in total. The largest absolute Gasteiger partial charge is 0.377 e. The summed E-state index contributed by atoms with van der Waals surface area (Å²) >= 11 is 0. The van der Waals surface area contributed by atoms with Gasteiger partial charge in [0.05, 0.1) is 6.10 Å². The van der Waals surface area contributed by atoms with Crippen LogP contribution >= 0.6 is 0 Å². The highest BCUT2D eigenvalue weighted by Crippen LogP contribution is 2.43. The molecule has 3 unspecified atom stereocenters. The smallest absolute Gasteiger partial charge is 0.0702 e. The van der Waals surface area contributed by atoms with Gasteiger partial charge in [-0.05, 0) is 59.0 Å². The summed E-state index contributed by atoms with van der Waals surface area (Å²) in [4.78, 5) is 5.30. The summed E-state index contributed by atoms with van der Waals surface area (Å²) in [6.07, 6.45) is 8.16.